The van der Waals surface area contributed by atoms with Gasteiger partial charge in [-0.05, 0) is 36.2 Å². The second-order valence-corrected chi connectivity index (χ2v) is 8.91. The summed E-state index contributed by atoms with van der Waals surface area (Å²) in [5.74, 6) is 0.934. The lowest BCUT2D eigenvalue weighted by Gasteiger charge is -2.13. The van der Waals surface area contributed by atoms with Gasteiger partial charge in [-0.1, -0.05) is 89.7 Å². The maximum atomic E-state index is 12.9. The number of aliphatic hydroxyl groups excluding tert-OH is 1. The lowest BCUT2D eigenvalue weighted by molar-refractivity contribution is 0.102. The number of benzene rings is 2. The van der Waals surface area contributed by atoms with Crippen LogP contribution in [0.4, 0.5) is 5.69 Å². The summed E-state index contributed by atoms with van der Waals surface area (Å²) in [5, 5.41) is 12.2. The highest BCUT2D eigenvalue weighted by Crippen LogP contribution is 2.26. The predicted molar refractivity (Wildman–Crippen MR) is 140 cm³/mol. The van der Waals surface area contributed by atoms with Crippen LogP contribution in [0.15, 0.2) is 42.5 Å². The van der Waals surface area contributed by atoms with E-state index in [4.69, 9.17) is 9.47 Å². The molecule has 0 aliphatic carbocycles. The summed E-state index contributed by atoms with van der Waals surface area (Å²) in [7, 11) is 1.60. The average molecular weight is 470 g/mol. The zero-order chi connectivity index (χ0) is 24.4. The van der Waals surface area contributed by atoms with Crippen LogP contribution >= 0.6 is 0 Å². The number of hydrogen-bond acceptors (Lipinski definition) is 4. The Hall–Kier alpha value is -2.53. The maximum absolute atomic E-state index is 12.9. The van der Waals surface area contributed by atoms with Crippen LogP contribution in [0.2, 0.25) is 0 Å². The lowest BCUT2D eigenvalue weighted by atomic mass is 10.1. The van der Waals surface area contributed by atoms with E-state index in [0.717, 1.165) is 18.4 Å². The second kappa shape index (κ2) is 17.0. The average Bonchev–Trinajstić information content (AvgIpc) is 2.86. The van der Waals surface area contributed by atoms with Crippen molar-refractivity contribution in [2.75, 3.05) is 19.0 Å². The highest BCUT2D eigenvalue weighted by atomic mass is 16.5. The molecule has 1 amide bonds. The fraction of sp³-hybridized carbons (Fsp3) is 0.552. The molecule has 34 heavy (non-hydrogen) atoms. The van der Waals surface area contributed by atoms with E-state index in [1.165, 1.54) is 64.2 Å². The number of ether oxygens (including phenoxy) is 2. The van der Waals surface area contributed by atoms with Crippen molar-refractivity contribution in [1.29, 1.82) is 0 Å². The molecule has 2 aromatic carbocycles. The van der Waals surface area contributed by atoms with Crippen molar-refractivity contribution in [3.8, 4) is 11.5 Å². The molecule has 5 heteroatoms. The summed E-state index contributed by atoms with van der Waals surface area (Å²) in [5.41, 5.74) is 1.85. The minimum absolute atomic E-state index is 0.0698. The van der Waals surface area contributed by atoms with Crippen LogP contribution < -0.4 is 14.8 Å². The third kappa shape index (κ3) is 10.6. The van der Waals surface area contributed by atoms with Crippen LogP contribution in [-0.2, 0) is 6.61 Å². The van der Waals surface area contributed by atoms with E-state index in [2.05, 4.69) is 12.2 Å². The molecule has 5 nitrogen and oxygen atoms in total. The molecular formula is C29H43NO4. The van der Waals surface area contributed by atoms with Crippen molar-refractivity contribution >= 4 is 11.6 Å². The van der Waals surface area contributed by atoms with E-state index >= 15 is 0 Å². The summed E-state index contributed by atoms with van der Waals surface area (Å²) >= 11 is 0. The van der Waals surface area contributed by atoms with Crippen molar-refractivity contribution < 1.29 is 19.4 Å². The Balaban J connectivity index is 1.72. The number of nitrogens with one attached hydrogen (secondary N) is 1. The molecule has 2 rings (SSSR count). The first-order valence-electron chi connectivity index (χ1n) is 13.0. The van der Waals surface area contributed by atoms with Gasteiger partial charge in [-0.15, -0.1) is 0 Å². The molecule has 2 N–H and O–H groups in total. The molecule has 0 saturated heterocycles. The summed E-state index contributed by atoms with van der Waals surface area (Å²) in [6.45, 7) is 2.77. The Morgan fingerprint density at radius 3 is 2.12 bits per heavy atom. The molecule has 0 spiro atoms. The Bertz CT molecular complexity index is 837. The summed E-state index contributed by atoms with van der Waals surface area (Å²) < 4.78 is 11.3. The molecule has 0 aromatic heterocycles. The molecule has 0 saturated carbocycles. The van der Waals surface area contributed by atoms with Gasteiger partial charge in [0.1, 0.15) is 11.5 Å². The molecule has 0 fully saturated rings. The smallest absolute Gasteiger partial charge is 0.259 e. The monoisotopic (exact) mass is 469 g/mol. The fourth-order valence-electron chi connectivity index (χ4n) is 4.01. The SMILES string of the molecule is CCCCCCCCCCCCCCOc1cc(OC)ccc1C(=O)Nc1cccc(CO)c1. The topological polar surface area (TPSA) is 67.8 Å². The van der Waals surface area contributed by atoms with Gasteiger partial charge >= 0.3 is 0 Å². The third-order valence-corrected chi connectivity index (χ3v) is 6.06. The summed E-state index contributed by atoms with van der Waals surface area (Å²) in [6.07, 6.45) is 15.5. The predicted octanol–water partition coefficient (Wildman–Crippen LogP) is 7.52. The first-order valence-corrected chi connectivity index (χ1v) is 13.0. The number of aliphatic hydroxyl groups is 1. The highest BCUT2D eigenvalue weighted by molar-refractivity contribution is 6.06. The molecule has 0 unspecified atom stereocenters. The first kappa shape index (κ1) is 27.7. The number of carbonyl (C=O) groups is 1. The number of amides is 1. The number of anilines is 1. The van der Waals surface area contributed by atoms with Gasteiger partial charge in [-0.25, -0.2) is 0 Å². The van der Waals surface area contributed by atoms with Crippen LogP contribution in [0, 0.1) is 0 Å². The largest absolute Gasteiger partial charge is 0.497 e. The van der Waals surface area contributed by atoms with Gasteiger partial charge in [0.2, 0.25) is 0 Å². The minimum Gasteiger partial charge on any atom is -0.497 e. The number of carbonyl (C=O) groups excluding carboxylic acids is 1. The van der Waals surface area contributed by atoms with Gasteiger partial charge in [0.25, 0.3) is 5.91 Å². The molecule has 0 bridgehead atoms. The van der Waals surface area contributed by atoms with Gasteiger partial charge in [-0.3, -0.25) is 4.79 Å². The third-order valence-electron chi connectivity index (χ3n) is 6.06. The molecule has 0 atom stereocenters. The highest BCUT2D eigenvalue weighted by Gasteiger charge is 2.14. The normalized spacial score (nSPS) is 10.8. The Morgan fingerprint density at radius 2 is 1.50 bits per heavy atom. The van der Waals surface area contributed by atoms with E-state index in [0.29, 0.717) is 29.4 Å². The van der Waals surface area contributed by atoms with Crippen molar-refractivity contribution in [3.05, 3.63) is 53.6 Å². The van der Waals surface area contributed by atoms with Crippen LogP contribution in [0.3, 0.4) is 0 Å². The Morgan fingerprint density at radius 1 is 0.853 bits per heavy atom. The minimum atomic E-state index is -0.248. The maximum Gasteiger partial charge on any atom is 0.259 e. The zero-order valence-corrected chi connectivity index (χ0v) is 21.1. The van der Waals surface area contributed by atoms with E-state index in [1.54, 1.807) is 43.5 Å². The number of methoxy groups -OCH3 is 1. The van der Waals surface area contributed by atoms with Crippen LogP contribution in [0.5, 0.6) is 11.5 Å². The lowest BCUT2D eigenvalue weighted by Crippen LogP contribution is -2.14. The van der Waals surface area contributed by atoms with Gasteiger partial charge < -0.3 is 19.9 Å². The summed E-state index contributed by atoms with van der Waals surface area (Å²) in [6, 6.07) is 12.4. The standard InChI is InChI=1S/C29H43NO4/c1-3-4-5-6-7-8-9-10-11-12-13-14-20-34-28-22-26(33-2)18-19-27(28)29(32)30-25-17-15-16-24(21-25)23-31/h15-19,21-22,31H,3-14,20,23H2,1-2H3,(H,30,32). The summed E-state index contributed by atoms with van der Waals surface area (Å²) in [4.78, 5) is 12.9. The van der Waals surface area contributed by atoms with Gasteiger partial charge in [0.15, 0.2) is 0 Å². The van der Waals surface area contributed by atoms with Crippen molar-refractivity contribution in [3.63, 3.8) is 0 Å². The molecule has 0 aliphatic heterocycles. The number of hydrogen-bond donors (Lipinski definition) is 2. The first-order chi connectivity index (χ1) is 16.7. The molecule has 0 aliphatic rings. The van der Waals surface area contributed by atoms with Gasteiger partial charge in [-0.2, -0.15) is 0 Å². The van der Waals surface area contributed by atoms with E-state index < -0.39 is 0 Å². The van der Waals surface area contributed by atoms with Crippen molar-refractivity contribution in [2.24, 2.45) is 0 Å². The van der Waals surface area contributed by atoms with Gasteiger partial charge in [0.05, 0.1) is 25.9 Å². The van der Waals surface area contributed by atoms with Crippen LogP contribution in [-0.4, -0.2) is 24.7 Å². The molecular weight excluding hydrogens is 426 g/mol. The van der Waals surface area contributed by atoms with Crippen molar-refractivity contribution in [1.82, 2.24) is 0 Å². The Kier molecular flexibility index (Phi) is 13.8. The van der Waals surface area contributed by atoms with Crippen LogP contribution in [0.25, 0.3) is 0 Å². The second-order valence-electron chi connectivity index (χ2n) is 8.91. The van der Waals surface area contributed by atoms with E-state index in [1.807, 2.05) is 6.07 Å². The van der Waals surface area contributed by atoms with E-state index in [-0.39, 0.29) is 12.5 Å². The quantitative estimate of drug-likeness (QED) is 0.222. The molecule has 0 heterocycles. The molecule has 0 radical (unpaired) electrons. The van der Waals surface area contributed by atoms with Crippen molar-refractivity contribution in [2.45, 2.75) is 90.6 Å². The number of unbranched alkanes of at least 4 members (excludes halogenated alkanes) is 11. The zero-order valence-electron chi connectivity index (χ0n) is 21.1. The fourth-order valence-corrected chi connectivity index (χ4v) is 4.01. The molecule has 2 aromatic rings. The van der Waals surface area contributed by atoms with Gasteiger partial charge in [0, 0.05) is 11.8 Å². The van der Waals surface area contributed by atoms with Crippen LogP contribution in [0.1, 0.15) is 99.9 Å². The molecule has 188 valence electrons. The Labute approximate surface area is 205 Å². The van der Waals surface area contributed by atoms with E-state index in [9.17, 15) is 9.90 Å². The number of rotatable bonds is 18.